The van der Waals surface area contributed by atoms with E-state index in [2.05, 4.69) is 30.4 Å². The molecule has 1 aromatic carbocycles. The van der Waals surface area contributed by atoms with E-state index < -0.39 is 10.0 Å². The predicted molar refractivity (Wildman–Crippen MR) is 99.9 cm³/mol. The van der Waals surface area contributed by atoms with E-state index in [4.69, 9.17) is 0 Å². The summed E-state index contributed by atoms with van der Waals surface area (Å²) in [6.45, 7) is 15.0. The van der Waals surface area contributed by atoms with Crippen LogP contribution in [-0.4, -0.2) is 39.0 Å². The van der Waals surface area contributed by atoms with E-state index in [0.717, 1.165) is 36.3 Å². The molecular weight excluding hydrogens is 320 g/mol. The fourth-order valence-electron chi connectivity index (χ4n) is 3.55. The van der Waals surface area contributed by atoms with Crippen LogP contribution in [0.15, 0.2) is 17.0 Å². The van der Waals surface area contributed by atoms with E-state index in [-0.39, 0.29) is 11.5 Å². The molecule has 1 N–H and O–H groups in total. The molecule has 0 saturated carbocycles. The van der Waals surface area contributed by atoms with Gasteiger partial charge in [0.15, 0.2) is 0 Å². The Morgan fingerprint density at radius 2 is 1.58 bits per heavy atom. The molecule has 0 bridgehead atoms. The van der Waals surface area contributed by atoms with Gasteiger partial charge in [-0.3, -0.25) is 0 Å². The van der Waals surface area contributed by atoms with Crippen LogP contribution in [0.4, 0.5) is 0 Å². The molecule has 24 heavy (non-hydrogen) atoms. The third kappa shape index (κ3) is 4.58. The van der Waals surface area contributed by atoms with Crippen molar-refractivity contribution in [3.8, 4) is 0 Å². The molecule has 0 unspecified atom stereocenters. The smallest absolute Gasteiger partial charge is 0.241 e. The molecule has 0 aromatic heterocycles. The molecule has 2 rings (SSSR count). The number of aryl methyl sites for hydroxylation is 3. The molecule has 1 aromatic rings. The number of hydrogen-bond donors (Lipinski definition) is 1. The van der Waals surface area contributed by atoms with Gasteiger partial charge in [0.2, 0.25) is 10.0 Å². The van der Waals surface area contributed by atoms with Crippen LogP contribution >= 0.6 is 0 Å². The quantitative estimate of drug-likeness (QED) is 0.883. The summed E-state index contributed by atoms with van der Waals surface area (Å²) in [5.41, 5.74) is 2.58. The van der Waals surface area contributed by atoms with Crippen molar-refractivity contribution >= 4 is 10.0 Å². The lowest BCUT2D eigenvalue weighted by molar-refractivity contribution is 0.214. The summed E-state index contributed by atoms with van der Waals surface area (Å²) in [5, 5.41) is 0. The summed E-state index contributed by atoms with van der Waals surface area (Å²) in [7, 11) is -3.54. The summed E-state index contributed by atoms with van der Waals surface area (Å²) in [6.07, 6.45) is 2.42. The predicted octanol–water partition coefficient (Wildman–Crippen LogP) is 3.40. The van der Waals surface area contributed by atoms with Crippen LogP contribution in [0.1, 0.15) is 50.3 Å². The second-order valence-electron chi connectivity index (χ2n) is 8.28. The SMILES string of the molecule is Cc1cc(C)c(S(=O)(=O)N[C@H](CN2CCCC2)C(C)(C)C)c(C)c1. The first-order valence-corrected chi connectivity index (χ1v) is 10.3. The number of sulfonamides is 1. The third-order valence-electron chi connectivity index (χ3n) is 4.86. The van der Waals surface area contributed by atoms with Crippen molar-refractivity contribution in [1.82, 2.24) is 9.62 Å². The first kappa shape index (κ1) is 19.4. The molecular formula is C19H32N2O2S. The second-order valence-corrected chi connectivity index (χ2v) is 9.93. The van der Waals surface area contributed by atoms with E-state index in [9.17, 15) is 8.42 Å². The van der Waals surface area contributed by atoms with E-state index in [1.165, 1.54) is 12.8 Å². The van der Waals surface area contributed by atoms with Crippen molar-refractivity contribution in [2.75, 3.05) is 19.6 Å². The molecule has 1 aliphatic heterocycles. The molecule has 136 valence electrons. The third-order valence-corrected chi connectivity index (χ3v) is 6.63. The highest BCUT2D eigenvalue weighted by Gasteiger charge is 2.33. The van der Waals surface area contributed by atoms with Gasteiger partial charge in [-0.15, -0.1) is 0 Å². The molecule has 0 spiro atoms. The summed E-state index contributed by atoms with van der Waals surface area (Å²) >= 11 is 0. The lowest BCUT2D eigenvalue weighted by Gasteiger charge is -2.34. The molecule has 1 aliphatic rings. The number of nitrogens with zero attached hydrogens (tertiary/aromatic N) is 1. The topological polar surface area (TPSA) is 49.4 Å². The number of hydrogen-bond acceptors (Lipinski definition) is 3. The highest BCUT2D eigenvalue weighted by molar-refractivity contribution is 7.89. The lowest BCUT2D eigenvalue weighted by Crippen LogP contribution is -2.50. The van der Waals surface area contributed by atoms with Gasteiger partial charge in [-0.2, -0.15) is 0 Å². The van der Waals surface area contributed by atoms with Gasteiger partial charge in [0.25, 0.3) is 0 Å². The number of benzene rings is 1. The minimum Gasteiger partial charge on any atom is -0.302 e. The number of rotatable bonds is 5. The zero-order valence-electron chi connectivity index (χ0n) is 15.9. The Morgan fingerprint density at radius 3 is 2.04 bits per heavy atom. The maximum atomic E-state index is 13.1. The molecule has 1 heterocycles. The van der Waals surface area contributed by atoms with Crippen LogP contribution in [-0.2, 0) is 10.0 Å². The van der Waals surface area contributed by atoms with Crippen molar-refractivity contribution in [2.24, 2.45) is 5.41 Å². The molecule has 0 radical (unpaired) electrons. The van der Waals surface area contributed by atoms with Crippen molar-refractivity contribution in [3.63, 3.8) is 0 Å². The first-order chi connectivity index (χ1) is 11.0. The van der Waals surface area contributed by atoms with Gasteiger partial charge in [-0.05, 0) is 63.2 Å². The average Bonchev–Trinajstić information content (AvgIpc) is 2.87. The standard InChI is InChI=1S/C19H32N2O2S/c1-14-11-15(2)18(16(3)12-14)24(22,23)20-17(19(4,5)6)13-21-9-7-8-10-21/h11-12,17,20H,7-10,13H2,1-6H3/t17-/m1/s1. The number of nitrogens with one attached hydrogen (secondary N) is 1. The van der Waals surface area contributed by atoms with Gasteiger partial charge in [-0.25, -0.2) is 13.1 Å². The zero-order chi connectivity index (χ0) is 18.1. The Balaban J connectivity index is 2.30. The largest absolute Gasteiger partial charge is 0.302 e. The lowest BCUT2D eigenvalue weighted by atomic mass is 9.87. The van der Waals surface area contributed by atoms with Crippen molar-refractivity contribution in [1.29, 1.82) is 0 Å². The monoisotopic (exact) mass is 352 g/mol. The first-order valence-electron chi connectivity index (χ1n) is 8.83. The van der Waals surface area contributed by atoms with Gasteiger partial charge < -0.3 is 4.90 Å². The molecule has 0 amide bonds. The molecule has 1 fully saturated rings. The maximum Gasteiger partial charge on any atom is 0.241 e. The van der Waals surface area contributed by atoms with Crippen molar-refractivity contribution < 1.29 is 8.42 Å². The van der Waals surface area contributed by atoms with E-state index >= 15 is 0 Å². The highest BCUT2D eigenvalue weighted by atomic mass is 32.2. The minimum absolute atomic E-state index is 0.110. The van der Waals surface area contributed by atoms with Crippen LogP contribution in [0.5, 0.6) is 0 Å². The van der Waals surface area contributed by atoms with E-state index in [0.29, 0.717) is 4.90 Å². The van der Waals surface area contributed by atoms with Gasteiger partial charge in [0.1, 0.15) is 0 Å². The molecule has 5 heteroatoms. The van der Waals surface area contributed by atoms with Gasteiger partial charge in [0.05, 0.1) is 4.90 Å². The molecule has 1 atom stereocenters. The fourth-order valence-corrected chi connectivity index (χ4v) is 5.43. The van der Waals surface area contributed by atoms with Crippen LogP contribution in [0.2, 0.25) is 0 Å². The average molecular weight is 353 g/mol. The minimum atomic E-state index is -3.54. The zero-order valence-corrected chi connectivity index (χ0v) is 16.8. The van der Waals surface area contributed by atoms with Gasteiger partial charge >= 0.3 is 0 Å². The van der Waals surface area contributed by atoms with Crippen LogP contribution < -0.4 is 4.72 Å². The summed E-state index contributed by atoms with van der Waals surface area (Å²) in [4.78, 5) is 2.80. The molecule has 1 saturated heterocycles. The Hall–Kier alpha value is -0.910. The summed E-state index contributed by atoms with van der Waals surface area (Å²) in [6, 6.07) is 3.77. The van der Waals surface area contributed by atoms with Crippen LogP contribution in [0.3, 0.4) is 0 Å². The Labute approximate surface area is 147 Å². The van der Waals surface area contributed by atoms with Crippen LogP contribution in [0, 0.1) is 26.2 Å². The van der Waals surface area contributed by atoms with Crippen LogP contribution in [0.25, 0.3) is 0 Å². The highest BCUT2D eigenvalue weighted by Crippen LogP contribution is 2.26. The Kier molecular flexibility index (Phi) is 5.78. The maximum absolute atomic E-state index is 13.1. The molecule has 0 aliphatic carbocycles. The van der Waals surface area contributed by atoms with Gasteiger partial charge in [0, 0.05) is 12.6 Å². The summed E-state index contributed by atoms with van der Waals surface area (Å²) in [5.74, 6) is 0. The summed E-state index contributed by atoms with van der Waals surface area (Å²) < 4.78 is 29.2. The second kappa shape index (κ2) is 7.14. The van der Waals surface area contributed by atoms with E-state index in [1.807, 2.05) is 32.9 Å². The number of likely N-dealkylation sites (tertiary alicyclic amines) is 1. The van der Waals surface area contributed by atoms with Crippen molar-refractivity contribution in [2.45, 2.75) is 65.3 Å². The Morgan fingerprint density at radius 1 is 1.08 bits per heavy atom. The fraction of sp³-hybridized carbons (Fsp3) is 0.684. The van der Waals surface area contributed by atoms with Gasteiger partial charge in [-0.1, -0.05) is 38.5 Å². The van der Waals surface area contributed by atoms with E-state index in [1.54, 1.807) is 0 Å². The Bertz CT molecular complexity index is 661. The normalized spacial score (nSPS) is 18.1. The molecule has 4 nitrogen and oxygen atoms in total. The van der Waals surface area contributed by atoms with Crippen molar-refractivity contribution in [3.05, 3.63) is 28.8 Å².